The molecule has 0 aromatic heterocycles. The predicted molar refractivity (Wildman–Crippen MR) is 98.2 cm³/mol. The van der Waals surface area contributed by atoms with Crippen LogP contribution in [0.2, 0.25) is 0 Å². The van der Waals surface area contributed by atoms with Gasteiger partial charge in [0.2, 0.25) is 0 Å². The van der Waals surface area contributed by atoms with E-state index in [1.165, 1.54) is 11.6 Å². The summed E-state index contributed by atoms with van der Waals surface area (Å²) >= 11 is 0. The van der Waals surface area contributed by atoms with E-state index in [1.54, 1.807) is 13.0 Å². The van der Waals surface area contributed by atoms with E-state index in [1.807, 2.05) is 67.6 Å². The molecule has 2 nitrogen and oxygen atoms in total. The van der Waals surface area contributed by atoms with Crippen molar-refractivity contribution in [2.45, 2.75) is 13.8 Å². The van der Waals surface area contributed by atoms with Gasteiger partial charge in [0.25, 0.3) is 0 Å². The molecule has 0 aliphatic heterocycles. The summed E-state index contributed by atoms with van der Waals surface area (Å²) in [6, 6.07) is 17.9. The van der Waals surface area contributed by atoms with E-state index < -0.39 is 0 Å². The number of benzene rings is 2. The van der Waals surface area contributed by atoms with Crippen LogP contribution in [0.3, 0.4) is 0 Å². The van der Waals surface area contributed by atoms with Crippen molar-refractivity contribution < 1.29 is 9.53 Å². The van der Waals surface area contributed by atoms with Gasteiger partial charge < -0.3 is 4.74 Å². The molecule has 0 unspecified atom stereocenters. The lowest BCUT2D eigenvalue weighted by molar-refractivity contribution is -0.137. The van der Waals surface area contributed by atoms with Gasteiger partial charge in [0.05, 0.1) is 6.61 Å². The molecule has 0 fully saturated rings. The number of allylic oxidation sites excluding steroid dienone is 3. The maximum Gasteiger partial charge on any atom is 0.330 e. The van der Waals surface area contributed by atoms with Crippen LogP contribution in [0.25, 0.3) is 5.57 Å². The predicted octanol–water partition coefficient (Wildman–Crippen LogP) is 4.55. The van der Waals surface area contributed by atoms with Crippen molar-refractivity contribution in [1.29, 1.82) is 0 Å². The van der Waals surface area contributed by atoms with E-state index in [9.17, 15) is 4.79 Å². The van der Waals surface area contributed by atoms with Crippen LogP contribution in [0, 0.1) is 18.8 Å². The maximum atomic E-state index is 11.6. The van der Waals surface area contributed by atoms with Crippen LogP contribution in [0.4, 0.5) is 0 Å². The van der Waals surface area contributed by atoms with Crippen molar-refractivity contribution in [1.82, 2.24) is 0 Å². The fourth-order valence-corrected chi connectivity index (χ4v) is 2.04. The number of ether oxygens (including phenoxy) is 1. The highest BCUT2D eigenvalue weighted by atomic mass is 16.5. The van der Waals surface area contributed by atoms with Crippen molar-refractivity contribution in [2.24, 2.45) is 0 Å². The van der Waals surface area contributed by atoms with Gasteiger partial charge in [-0.15, -0.1) is 0 Å². The second-order valence-electron chi connectivity index (χ2n) is 5.19. The monoisotopic (exact) mass is 316 g/mol. The second-order valence-corrected chi connectivity index (χ2v) is 5.19. The third-order valence-corrected chi connectivity index (χ3v) is 3.29. The van der Waals surface area contributed by atoms with Crippen LogP contribution in [0.5, 0.6) is 0 Å². The Kier molecular flexibility index (Phi) is 6.61. The first-order valence-electron chi connectivity index (χ1n) is 7.87. The number of hydrogen-bond donors (Lipinski definition) is 0. The molecule has 2 aromatic carbocycles. The molecule has 0 bridgehead atoms. The van der Waals surface area contributed by atoms with Crippen molar-refractivity contribution in [3.63, 3.8) is 0 Å². The highest BCUT2D eigenvalue weighted by Gasteiger charge is 1.99. The highest BCUT2D eigenvalue weighted by Crippen LogP contribution is 2.16. The number of aryl methyl sites for hydroxylation is 1. The summed E-state index contributed by atoms with van der Waals surface area (Å²) in [5.41, 5.74) is 4.00. The van der Waals surface area contributed by atoms with Crippen LogP contribution >= 0.6 is 0 Å². The molecule has 0 spiro atoms. The Labute approximate surface area is 143 Å². The molecule has 0 aliphatic rings. The molecular weight excluding hydrogens is 296 g/mol. The molecule has 0 saturated carbocycles. The summed E-state index contributed by atoms with van der Waals surface area (Å²) in [6.45, 7) is 4.19. The maximum absolute atomic E-state index is 11.6. The lowest BCUT2D eigenvalue weighted by Gasteiger charge is -2.02. The van der Waals surface area contributed by atoms with E-state index in [-0.39, 0.29) is 5.97 Å². The largest absolute Gasteiger partial charge is 0.463 e. The lowest BCUT2D eigenvalue weighted by atomic mass is 10.0. The number of carbonyl (C=O) groups is 1. The zero-order chi connectivity index (χ0) is 17.2. The molecule has 0 radical (unpaired) electrons. The molecule has 0 aliphatic carbocycles. The SMILES string of the molecule is CCOC(=O)/C=C/C(=C\C#Cc1ccccc1)c1ccc(C)cc1. The number of rotatable bonds is 4. The molecule has 2 aromatic rings. The van der Waals surface area contributed by atoms with Gasteiger partial charge in [-0.3, -0.25) is 0 Å². The highest BCUT2D eigenvalue weighted by molar-refractivity contribution is 5.87. The van der Waals surface area contributed by atoms with Crippen molar-refractivity contribution in [2.75, 3.05) is 6.61 Å². The zero-order valence-corrected chi connectivity index (χ0v) is 14.0. The molecule has 0 amide bonds. The average molecular weight is 316 g/mol. The Balaban J connectivity index is 2.28. The van der Waals surface area contributed by atoms with Gasteiger partial charge >= 0.3 is 5.97 Å². The minimum Gasteiger partial charge on any atom is -0.463 e. The summed E-state index contributed by atoms with van der Waals surface area (Å²) < 4.78 is 4.93. The topological polar surface area (TPSA) is 26.3 Å². The molecule has 120 valence electrons. The lowest BCUT2D eigenvalue weighted by Crippen LogP contribution is -1.99. The van der Waals surface area contributed by atoms with Crippen LogP contribution in [0.15, 0.2) is 72.8 Å². The number of hydrogen-bond acceptors (Lipinski definition) is 2. The Hall–Kier alpha value is -3.05. The minimum absolute atomic E-state index is 0.355. The second kappa shape index (κ2) is 9.17. The Bertz CT molecular complexity index is 785. The first kappa shape index (κ1) is 17.3. The Morgan fingerprint density at radius 3 is 2.42 bits per heavy atom. The van der Waals surface area contributed by atoms with E-state index >= 15 is 0 Å². The Morgan fingerprint density at radius 1 is 1.04 bits per heavy atom. The van der Waals surface area contributed by atoms with E-state index in [2.05, 4.69) is 11.8 Å². The minimum atomic E-state index is -0.355. The molecule has 0 heterocycles. The molecular formula is C22H20O2. The summed E-state index contributed by atoms with van der Waals surface area (Å²) in [6.07, 6.45) is 4.98. The third kappa shape index (κ3) is 5.62. The quantitative estimate of drug-likeness (QED) is 0.358. The average Bonchev–Trinajstić information content (AvgIpc) is 2.60. The molecule has 2 heteroatoms. The van der Waals surface area contributed by atoms with E-state index in [0.717, 1.165) is 16.7 Å². The van der Waals surface area contributed by atoms with Gasteiger partial charge in [-0.1, -0.05) is 59.9 Å². The first-order chi connectivity index (χ1) is 11.7. The first-order valence-corrected chi connectivity index (χ1v) is 7.87. The van der Waals surface area contributed by atoms with Gasteiger partial charge in [-0.05, 0) is 49.3 Å². The van der Waals surface area contributed by atoms with Gasteiger partial charge in [0, 0.05) is 11.6 Å². The zero-order valence-electron chi connectivity index (χ0n) is 14.0. The third-order valence-electron chi connectivity index (χ3n) is 3.29. The standard InChI is InChI=1S/C22H20O2/c1-3-24-22(23)17-16-20(21-14-12-18(2)13-15-21)11-7-10-19-8-5-4-6-9-19/h4-6,8-9,11-17H,3H2,1-2H3/b17-16+,20-11+. The van der Waals surface area contributed by atoms with Gasteiger partial charge in [0.15, 0.2) is 0 Å². The molecule has 2 rings (SSSR count). The Morgan fingerprint density at radius 2 is 1.75 bits per heavy atom. The smallest absolute Gasteiger partial charge is 0.330 e. The summed E-state index contributed by atoms with van der Waals surface area (Å²) in [4.78, 5) is 11.6. The fourth-order valence-electron chi connectivity index (χ4n) is 2.04. The molecule has 24 heavy (non-hydrogen) atoms. The fraction of sp³-hybridized carbons (Fsp3) is 0.136. The van der Waals surface area contributed by atoms with E-state index in [4.69, 9.17) is 4.74 Å². The molecule has 0 atom stereocenters. The van der Waals surface area contributed by atoms with Crippen molar-refractivity contribution >= 4 is 11.5 Å². The van der Waals surface area contributed by atoms with Gasteiger partial charge in [-0.25, -0.2) is 4.79 Å². The van der Waals surface area contributed by atoms with Gasteiger partial charge in [0.1, 0.15) is 0 Å². The van der Waals surface area contributed by atoms with Crippen LogP contribution in [-0.4, -0.2) is 12.6 Å². The summed E-state index contributed by atoms with van der Waals surface area (Å²) in [5.74, 6) is 5.79. The van der Waals surface area contributed by atoms with Crippen LogP contribution < -0.4 is 0 Å². The number of esters is 1. The normalized spacial score (nSPS) is 11.0. The van der Waals surface area contributed by atoms with Crippen LogP contribution in [0.1, 0.15) is 23.6 Å². The van der Waals surface area contributed by atoms with Crippen LogP contribution in [-0.2, 0) is 9.53 Å². The molecule has 0 saturated heterocycles. The van der Waals surface area contributed by atoms with Crippen molar-refractivity contribution in [3.8, 4) is 11.8 Å². The summed E-state index contributed by atoms with van der Waals surface area (Å²) in [5, 5.41) is 0. The van der Waals surface area contributed by atoms with E-state index in [0.29, 0.717) is 6.61 Å². The number of carbonyl (C=O) groups excluding carboxylic acids is 1. The van der Waals surface area contributed by atoms with Gasteiger partial charge in [-0.2, -0.15) is 0 Å². The van der Waals surface area contributed by atoms with Crippen molar-refractivity contribution in [3.05, 3.63) is 89.5 Å². The molecule has 0 N–H and O–H groups in total. The summed E-state index contributed by atoms with van der Waals surface area (Å²) in [7, 11) is 0.